The minimum Gasteiger partial charge on any atom is -0.287 e. The third-order valence-electron chi connectivity index (χ3n) is 2.42. The summed E-state index contributed by atoms with van der Waals surface area (Å²) in [7, 11) is 9.42. The first-order valence-electron chi connectivity index (χ1n) is 4.00. The van der Waals surface area contributed by atoms with Gasteiger partial charge in [0.1, 0.15) is 0 Å². The second-order valence-corrected chi connectivity index (χ2v) is 7.52. The van der Waals surface area contributed by atoms with E-state index in [0.29, 0.717) is 23.1 Å². The highest BCUT2D eigenvalue weighted by Gasteiger charge is 2.46. The van der Waals surface area contributed by atoms with Gasteiger partial charge in [-0.05, 0) is 29.0 Å². The van der Waals surface area contributed by atoms with Crippen LogP contribution in [0.2, 0.25) is 0 Å². The Morgan fingerprint density at radius 2 is 1.54 bits per heavy atom. The van der Waals surface area contributed by atoms with Crippen LogP contribution in [0, 0.1) is 0 Å². The van der Waals surface area contributed by atoms with Crippen LogP contribution >= 0.6 is 43.5 Å². The van der Waals surface area contributed by atoms with Crippen LogP contribution in [0.4, 0.5) is 0 Å². The Morgan fingerprint density at radius 1 is 1.00 bits per heavy atom. The molecule has 3 aliphatic rings. The summed E-state index contributed by atoms with van der Waals surface area (Å²) >= 11 is 0. The number of hydrogen-bond acceptors (Lipinski definition) is 8. The highest BCUT2D eigenvalue weighted by atomic mass is 33.1. The normalized spacial score (nSPS) is 50.5. The quantitative estimate of drug-likeness (QED) is 0.429. The van der Waals surface area contributed by atoms with Crippen molar-refractivity contribution in [3.8, 4) is 0 Å². The van der Waals surface area contributed by atoms with Crippen LogP contribution in [0.15, 0.2) is 0 Å². The van der Waals surface area contributed by atoms with Gasteiger partial charge in [0.2, 0.25) is 0 Å². The molecule has 3 saturated heterocycles. The van der Waals surface area contributed by atoms with E-state index in [0.717, 1.165) is 0 Å². The number of hydrogen-bond donors (Lipinski definition) is 3. The maximum Gasteiger partial charge on any atom is 0.0970 e. The Morgan fingerprint density at radius 3 is 2.08 bits per heavy atom. The van der Waals surface area contributed by atoms with Crippen LogP contribution in [0.25, 0.3) is 0 Å². The van der Waals surface area contributed by atoms with Crippen LogP contribution < -0.4 is 14.8 Å². The Kier molecular flexibility index (Phi) is 2.67. The summed E-state index contributed by atoms with van der Waals surface area (Å²) < 4.78 is 6.81. The summed E-state index contributed by atoms with van der Waals surface area (Å²) in [6.45, 7) is 0. The molecule has 3 rings (SSSR count). The van der Waals surface area contributed by atoms with Crippen molar-refractivity contribution in [1.82, 2.24) is 19.7 Å². The van der Waals surface area contributed by atoms with Gasteiger partial charge in [-0.25, -0.2) is 9.44 Å². The summed E-state index contributed by atoms with van der Waals surface area (Å²) in [6, 6.07) is 0. The van der Waals surface area contributed by atoms with Crippen molar-refractivity contribution in [2.75, 3.05) is 7.05 Å². The topological polar surface area (TPSA) is 39.3 Å². The number of nitrogens with zero attached hydrogens (tertiary/aromatic N) is 1. The van der Waals surface area contributed by atoms with Gasteiger partial charge in [-0.2, -0.15) is 0 Å². The largest absolute Gasteiger partial charge is 0.287 e. The molecule has 0 aliphatic carbocycles. The molecular formula is C5H10N4S4. The van der Waals surface area contributed by atoms with E-state index in [1.807, 2.05) is 21.6 Å². The lowest BCUT2D eigenvalue weighted by molar-refractivity contribution is 0.103. The van der Waals surface area contributed by atoms with Crippen LogP contribution in [-0.2, 0) is 0 Å². The molecule has 13 heavy (non-hydrogen) atoms. The van der Waals surface area contributed by atoms with Crippen LogP contribution in [0.3, 0.4) is 0 Å². The van der Waals surface area contributed by atoms with Crippen molar-refractivity contribution in [2.24, 2.45) is 0 Å². The summed E-state index contributed by atoms with van der Waals surface area (Å²) in [5.74, 6) is 0. The summed E-state index contributed by atoms with van der Waals surface area (Å²) in [6.07, 6.45) is 0.895. The fourth-order valence-electron chi connectivity index (χ4n) is 1.65. The fourth-order valence-corrected chi connectivity index (χ4v) is 6.68. The smallest absolute Gasteiger partial charge is 0.0970 e. The van der Waals surface area contributed by atoms with E-state index in [2.05, 4.69) is 26.7 Å². The molecule has 3 heterocycles. The van der Waals surface area contributed by atoms with E-state index < -0.39 is 0 Å². The molecule has 0 spiro atoms. The average Bonchev–Trinajstić information content (AvgIpc) is 2.71. The van der Waals surface area contributed by atoms with Gasteiger partial charge in [0.05, 0.1) is 23.1 Å². The molecule has 0 aromatic carbocycles. The molecule has 0 amide bonds. The molecule has 3 N–H and O–H groups in total. The molecule has 0 radical (unpaired) electrons. The van der Waals surface area contributed by atoms with Crippen LogP contribution in [0.5, 0.6) is 0 Å². The van der Waals surface area contributed by atoms with E-state index in [9.17, 15) is 0 Å². The zero-order valence-electron chi connectivity index (χ0n) is 6.89. The standard InChI is InChI=1S/C5H10N4S4/c1-9-2-4(10-12-7-2)6-5-3(9)8-13-11-5/h2-8H,1H3. The molecule has 0 aromatic rings. The molecule has 0 bridgehead atoms. The molecule has 0 aromatic heterocycles. The highest BCUT2D eigenvalue weighted by molar-refractivity contribution is 8.77. The van der Waals surface area contributed by atoms with Gasteiger partial charge in [-0.1, -0.05) is 21.6 Å². The maximum atomic E-state index is 3.63. The van der Waals surface area contributed by atoms with Crippen molar-refractivity contribution in [3.63, 3.8) is 0 Å². The van der Waals surface area contributed by atoms with Crippen molar-refractivity contribution in [3.05, 3.63) is 0 Å². The van der Waals surface area contributed by atoms with Crippen LogP contribution in [-0.4, -0.2) is 35.0 Å². The molecule has 3 fully saturated rings. The Labute approximate surface area is 93.2 Å². The van der Waals surface area contributed by atoms with Gasteiger partial charge in [-0.3, -0.25) is 10.2 Å². The first-order chi connectivity index (χ1) is 6.36. The monoisotopic (exact) mass is 254 g/mol. The highest BCUT2D eigenvalue weighted by Crippen LogP contribution is 2.43. The number of likely N-dealkylation sites (N-methyl/N-ethyl adjacent to an activating group) is 1. The molecule has 3 aliphatic heterocycles. The van der Waals surface area contributed by atoms with Crippen molar-refractivity contribution in [2.45, 2.75) is 23.1 Å². The lowest BCUT2D eigenvalue weighted by Crippen LogP contribution is -2.66. The minimum absolute atomic E-state index is 0.447. The zero-order valence-corrected chi connectivity index (χ0v) is 10.2. The average molecular weight is 254 g/mol. The fraction of sp³-hybridized carbons (Fsp3) is 1.00. The van der Waals surface area contributed by atoms with E-state index in [1.165, 1.54) is 0 Å². The van der Waals surface area contributed by atoms with E-state index in [-0.39, 0.29) is 0 Å². The Bertz CT molecular complexity index is 197. The SMILES string of the molecule is CN1C2NSSC2NC2SSNC21. The van der Waals surface area contributed by atoms with E-state index in [4.69, 9.17) is 0 Å². The summed E-state index contributed by atoms with van der Waals surface area (Å²) in [5, 5.41) is 4.66. The van der Waals surface area contributed by atoms with Gasteiger partial charge in [0.25, 0.3) is 0 Å². The van der Waals surface area contributed by atoms with Crippen molar-refractivity contribution < 1.29 is 0 Å². The summed E-state index contributed by atoms with van der Waals surface area (Å²) in [5.41, 5.74) is 0. The number of rotatable bonds is 0. The molecule has 4 nitrogen and oxygen atoms in total. The van der Waals surface area contributed by atoms with Gasteiger partial charge in [-0.15, -0.1) is 0 Å². The number of nitrogens with one attached hydrogen (secondary N) is 3. The lowest BCUT2D eigenvalue weighted by Gasteiger charge is -2.41. The van der Waals surface area contributed by atoms with Crippen LogP contribution in [0.1, 0.15) is 0 Å². The Hall–Kier alpha value is 1.24. The Balaban J connectivity index is 1.82. The molecule has 4 unspecified atom stereocenters. The maximum absolute atomic E-state index is 3.63. The van der Waals surface area contributed by atoms with Gasteiger partial charge >= 0.3 is 0 Å². The molecule has 8 heteroatoms. The molecule has 0 saturated carbocycles. The number of fused-ring (bicyclic) bond motifs is 2. The first kappa shape index (κ1) is 9.46. The predicted octanol–water partition coefficient (Wildman–Crippen LogP) is 0.625. The molecule has 74 valence electrons. The second kappa shape index (κ2) is 3.67. The molecular weight excluding hydrogens is 244 g/mol. The zero-order chi connectivity index (χ0) is 8.84. The van der Waals surface area contributed by atoms with Crippen molar-refractivity contribution in [1.29, 1.82) is 0 Å². The predicted molar refractivity (Wildman–Crippen MR) is 62.7 cm³/mol. The molecule has 4 atom stereocenters. The first-order valence-corrected chi connectivity index (χ1v) is 8.42. The van der Waals surface area contributed by atoms with Gasteiger partial charge in [0.15, 0.2) is 0 Å². The third-order valence-corrected chi connectivity index (χ3v) is 6.89. The minimum atomic E-state index is 0.447. The van der Waals surface area contributed by atoms with Gasteiger partial charge < -0.3 is 0 Å². The van der Waals surface area contributed by atoms with E-state index in [1.54, 1.807) is 22.0 Å². The van der Waals surface area contributed by atoms with E-state index >= 15 is 0 Å². The van der Waals surface area contributed by atoms with Gasteiger partial charge in [0, 0.05) is 0 Å². The lowest BCUT2D eigenvalue weighted by atomic mass is 10.3. The van der Waals surface area contributed by atoms with Crippen molar-refractivity contribution >= 4 is 43.5 Å². The second-order valence-electron chi connectivity index (χ2n) is 3.16. The summed E-state index contributed by atoms with van der Waals surface area (Å²) in [4.78, 5) is 2.38. The number of piperazine rings is 1. The third kappa shape index (κ3) is 1.51.